The minimum Gasteiger partial charge on any atom is -0.493 e. The molecule has 0 spiro atoms. The Balaban J connectivity index is 1.18. The van der Waals surface area contributed by atoms with Crippen LogP contribution in [0, 0.1) is 0 Å². The molecule has 2 fully saturated rings. The Labute approximate surface area is 271 Å². The molecule has 2 aromatic carbocycles. The third-order valence-electron chi connectivity index (χ3n) is 8.63. The maximum absolute atomic E-state index is 13.1. The van der Waals surface area contributed by atoms with Crippen LogP contribution in [0.3, 0.4) is 0 Å². The number of benzene rings is 2. The van der Waals surface area contributed by atoms with Crippen molar-refractivity contribution in [1.82, 2.24) is 9.80 Å². The molecule has 0 aliphatic carbocycles. The Morgan fingerprint density at radius 1 is 0.756 bits per heavy atom. The third-order valence-corrected chi connectivity index (χ3v) is 9.06. The zero-order valence-corrected chi connectivity index (χ0v) is 27.4. The van der Waals surface area contributed by atoms with Gasteiger partial charge in [0.1, 0.15) is 0 Å². The van der Waals surface area contributed by atoms with Crippen LogP contribution in [-0.2, 0) is 0 Å². The van der Waals surface area contributed by atoms with E-state index in [-0.39, 0.29) is 30.5 Å². The fraction of sp³-hybridized carbons (Fsp3) is 0.576. The van der Waals surface area contributed by atoms with Gasteiger partial charge in [0, 0.05) is 48.4 Å². The Hall–Kier alpha value is -3.51. The van der Waals surface area contributed by atoms with Gasteiger partial charge in [-0.1, -0.05) is 19.3 Å². The van der Waals surface area contributed by atoms with Crippen LogP contribution in [0.1, 0.15) is 78.5 Å². The van der Waals surface area contributed by atoms with Crippen molar-refractivity contribution in [2.45, 2.75) is 69.9 Å². The summed E-state index contributed by atoms with van der Waals surface area (Å²) in [5, 5.41) is 9.59. The number of carbonyl (C=O) groups excluding carboxylic acids is 2. The van der Waals surface area contributed by atoms with Crippen LogP contribution >= 0.6 is 12.6 Å². The van der Waals surface area contributed by atoms with Gasteiger partial charge >= 0.3 is 0 Å². The van der Waals surface area contributed by atoms with E-state index in [9.17, 15) is 14.7 Å². The molecule has 2 heterocycles. The molecule has 0 bridgehead atoms. The average Bonchev–Trinajstić information content (AvgIpc) is 3.73. The highest BCUT2D eigenvalue weighted by Gasteiger charge is 2.31. The molecule has 0 saturated carbocycles. The van der Waals surface area contributed by atoms with Crippen LogP contribution < -0.4 is 30.4 Å². The summed E-state index contributed by atoms with van der Waals surface area (Å²) in [4.78, 5) is 29.7. The molecule has 2 saturated heterocycles. The molecular formula is C33H48N4O7S. The van der Waals surface area contributed by atoms with Crippen LogP contribution in [0.2, 0.25) is 0 Å². The second-order valence-electron chi connectivity index (χ2n) is 11.6. The van der Waals surface area contributed by atoms with Crippen LogP contribution in [0.4, 0.5) is 11.4 Å². The Morgan fingerprint density at radius 3 is 1.64 bits per heavy atom. The Kier molecular flexibility index (Phi) is 12.8. The molecular weight excluding hydrogens is 596 g/mol. The molecule has 2 amide bonds. The van der Waals surface area contributed by atoms with E-state index in [0.717, 1.165) is 57.8 Å². The van der Waals surface area contributed by atoms with Crippen molar-refractivity contribution in [2.75, 3.05) is 64.3 Å². The number of carbonyl (C=O) groups is 2. The summed E-state index contributed by atoms with van der Waals surface area (Å²) in [5.74, 6) is 2.31. The molecule has 45 heavy (non-hydrogen) atoms. The van der Waals surface area contributed by atoms with Crippen LogP contribution in [0.15, 0.2) is 24.3 Å². The Morgan fingerprint density at radius 2 is 1.20 bits per heavy atom. The van der Waals surface area contributed by atoms with Crippen molar-refractivity contribution in [2.24, 2.45) is 0 Å². The van der Waals surface area contributed by atoms with Crippen LogP contribution in [0.5, 0.6) is 23.0 Å². The average molecular weight is 645 g/mol. The standard InChI is InChI=1S/C33H48N4O7S/c1-41-28-16-24(32(39)36-12-8-10-22(36)20-38)26(34)18-30(28)43-14-6-4-3-5-7-15-44-31-19-27(35)25(17-29(31)42-2)33(40)37-13-9-11-23(37)21-45/h16-19,22-23,38,45H,3-15,20-21,34-35H2,1-2H3/t22-,23-/m0/s1. The van der Waals surface area contributed by atoms with E-state index in [1.807, 2.05) is 4.90 Å². The van der Waals surface area contributed by atoms with E-state index in [2.05, 4.69) is 12.6 Å². The van der Waals surface area contributed by atoms with Gasteiger partial charge in [-0.15, -0.1) is 0 Å². The van der Waals surface area contributed by atoms with Crippen molar-refractivity contribution in [3.05, 3.63) is 35.4 Å². The molecule has 4 rings (SSSR count). The third kappa shape index (κ3) is 8.40. The Bertz CT molecular complexity index is 1210. The van der Waals surface area contributed by atoms with E-state index in [4.69, 9.17) is 30.4 Å². The lowest BCUT2D eigenvalue weighted by atomic mass is 10.1. The molecule has 12 heteroatoms. The summed E-state index contributed by atoms with van der Waals surface area (Å²) in [6, 6.07) is 6.57. The number of nitrogens with zero attached hydrogens (tertiary/aromatic N) is 2. The fourth-order valence-corrected chi connectivity index (χ4v) is 6.44. The molecule has 5 N–H and O–H groups in total. The predicted octanol–water partition coefficient (Wildman–Crippen LogP) is 4.41. The smallest absolute Gasteiger partial charge is 0.256 e. The number of nitrogen functional groups attached to an aromatic ring is 2. The van der Waals surface area contributed by atoms with E-state index in [1.165, 1.54) is 7.11 Å². The quantitative estimate of drug-likeness (QED) is 0.118. The first kappa shape index (κ1) is 34.4. The summed E-state index contributed by atoms with van der Waals surface area (Å²) in [6.45, 7) is 2.25. The van der Waals surface area contributed by atoms with Gasteiger partial charge in [-0.25, -0.2) is 0 Å². The number of likely N-dealkylation sites (tertiary alicyclic amines) is 2. The first-order chi connectivity index (χ1) is 21.8. The van der Waals surface area contributed by atoms with Gasteiger partial charge in [-0.05, 0) is 50.7 Å². The normalized spacial score (nSPS) is 17.9. The van der Waals surface area contributed by atoms with Crippen molar-refractivity contribution < 1.29 is 33.6 Å². The van der Waals surface area contributed by atoms with Gasteiger partial charge in [-0.2, -0.15) is 12.6 Å². The van der Waals surface area contributed by atoms with Gasteiger partial charge in [-0.3, -0.25) is 9.59 Å². The second-order valence-corrected chi connectivity index (χ2v) is 12.0. The predicted molar refractivity (Wildman–Crippen MR) is 178 cm³/mol. The summed E-state index contributed by atoms with van der Waals surface area (Å²) >= 11 is 4.39. The number of amides is 2. The highest BCUT2D eigenvalue weighted by Crippen LogP contribution is 2.35. The SMILES string of the molecule is COc1cc(C(=O)N2CCC[C@H]2CO)c(N)cc1OCCCCCCCOc1cc(N)c(C(=O)N2CCC[C@H]2CS)cc1OC. The van der Waals surface area contributed by atoms with Crippen LogP contribution in [0.25, 0.3) is 0 Å². The number of thiol groups is 1. The molecule has 11 nitrogen and oxygen atoms in total. The topological polar surface area (TPSA) is 150 Å². The summed E-state index contributed by atoms with van der Waals surface area (Å²) in [5.41, 5.74) is 14.0. The molecule has 2 atom stereocenters. The van der Waals surface area contributed by atoms with Gasteiger partial charge in [0.15, 0.2) is 23.0 Å². The minimum atomic E-state index is -0.202. The first-order valence-corrected chi connectivity index (χ1v) is 16.5. The number of nitrogens with two attached hydrogens (primary N) is 2. The molecule has 0 aromatic heterocycles. The molecule has 248 valence electrons. The number of aliphatic hydroxyl groups excluding tert-OH is 1. The summed E-state index contributed by atoms with van der Waals surface area (Å²) in [6.07, 6.45) is 8.23. The van der Waals surface area contributed by atoms with Gasteiger partial charge in [0.25, 0.3) is 11.8 Å². The molecule has 0 radical (unpaired) electrons. The summed E-state index contributed by atoms with van der Waals surface area (Å²) in [7, 11) is 3.09. The number of ether oxygens (including phenoxy) is 4. The van der Waals surface area contributed by atoms with Crippen molar-refractivity contribution >= 4 is 35.8 Å². The fourth-order valence-electron chi connectivity index (χ4n) is 6.06. The highest BCUT2D eigenvalue weighted by molar-refractivity contribution is 7.80. The first-order valence-electron chi connectivity index (χ1n) is 15.9. The molecule has 2 aliphatic heterocycles. The largest absolute Gasteiger partial charge is 0.493 e. The molecule has 2 aliphatic rings. The monoisotopic (exact) mass is 644 g/mol. The number of rotatable bonds is 16. The zero-order chi connectivity index (χ0) is 32.3. The minimum absolute atomic E-state index is 0.0609. The zero-order valence-electron chi connectivity index (χ0n) is 26.5. The van der Waals surface area contributed by atoms with Crippen LogP contribution in [-0.4, -0.2) is 91.7 Å². The number of anilines is 2. The van der Waals surface area contributed by atoms with E-state index in [1.54, 1.807) is 36.3 Å². The number of hydrogen-bond acceptors (Lipinski definition) is 10. The lowest BCUT2D eigenvalue weighted by Crippen LogP contribution is -2.38. The highest BCUT2D eigenvalue weighted by atomic mass is 32.1. The second kappa shape index (κ2) is 16.7. The number of hydrogen-bond donors (Lipinski definition) is 4. The van der Waals surface area contributed by atoms with Crippen molar-refractivity contribution in [1.29, 1.82) is 0 Å². The van der Waals surface area contributed by atoms with E-state index < -0.39 is 0 Å². The van der Waals surface area contributed by atoms with Gasteiger partial charge in [0.05, 0.1) is 51.2 Å². The molecule has 2 aromatic rings. The summed E-state index contributed by atoms with van der Waals surface area (Å²) < 4.78 is 22.9. The number of aliphatic hydroxyl groups is 1. The lowest BCUT2D eigenvalue weighted by molar-refractivity contribution is 0.0677. The van der Waals surface area contributed by atoms with Crippen molar-refractivity contribution in [3.63, 3.8) is 0 Å². The van der Waals surface area contributed by atoms with Gasteiger partial charge < -0.3 is 45.3 Å². The van der Waals surface area contributed by atoms with E-state index >= 15 is 0 Å². The maximum Gasteiger partial charge on any atom is 0.256 e. The maximum atomic E-state index is 13.1. The lowest BCUT2D eigenvalue weighted by Gasteiger charge is -2.24. The number of methoxy groups -OCH3 is 2. The van der Waals surface area contributed by atoms with Gasteiger partial charge in [0.2, 0.25) is 0 Å². The van der Waals surface area contributed by atoms with E-state index in [0.29, 0.717) is 77.6 Å². The van der Waals surface area contributed by atoms with Crippen molar-refractivity contribution in [3.8, 4) is 23.0 Å². The molecule has 0 unspecified atom stereocenters. The number of unbranched alkanes of at least 4 members (excludes halogenated alkanes) is 4.